The highest BCUT2D eigenvalue weighted by atomic mass is 32.1. The summed E-state index contributed by atoms with van der Waals surface area (Å²) >= 11 is 1.47. The molecule has 0 unspecified atom stereocenters. The topological polar surface area (TPSA) is 46.2 Å². The van der Waals surface area contributed by atoms with E-state index in [1.165, 1.54) is 24.3 Å². The van der Waals surface area contributed by atoms with Gasteiger partial charge in [0.2, 0.25) is 5.91 Å². The van der Waals surface area contributed by atoms with E-state index in [-0.39, 0.29) is 11.7 Å². The number of hydrogen-bond donors (Lipinski definition) is 1. The van der Waals surface area contributed by atoms with Gasteiger partial charge in [-0.25, -0.2) is 0 Å². The minimum atomic E-state index is -0.194. The van der Waals surface area contributed by atoms with Crippen LogP contribution in [-0.4, -0.2) is 11.7 Å². The number of carbonyl (C=O) groups is 2. The molecule has 3 nitrogen and oxygen atoms in total. The molecule has 1 aromatic heterocycles. The van der Waals surface area contributed by atoms with Crippen LogP contribution >= 0.6 is 11.3 Å². The van der Waals surface area contributed by atoms with Crippen LogP contribution in [0.15, 0.2) is 53.9 Å². The Morgan fingerprint density at radius 2 is 1.84 bits per heavy atom. The Bertz CT molecular complexity index is 600. The van der Waals surface area contributed by atoms with Crippen LogP contribution in [0.2, 0.25) is 0 Å². The second kappa shape index (κ2) is 6.11. The third-order valence-electron chi connectivity index (χ3n) is 2.43. The number of ketones is 1. The number of amides is 1. The lowest BCUT2D eigenvalue weighted by Gasteiger charge is -2.05. The Kier molecular flexibility index (Phi) is 4.26. The van der Waals surface area contributed by atoms with Gasteiger partial charge in [0.25, 0.3) is 0 Å². The molecule has 19 heavy (non-hydrogen) atoms. The van der Waals surface area contributed by atoms with Crippen molar-refractivity contribution in [2.24, 2.45) is 0 Å². The molecule has 0 aliphatic heterocycles. The van der Waals surface area contributed by atoms with Crippen molar-refractivity contribution in [3.63, 3.8) is 0 Å². The van der Waals surface area contributed by atoms with Crippen LogP contribution in [0.3, 0.4) is 0 Å². The van der Waals surface area contributed by atoms with Crippen LogP contribution in [-0.2, 0) is 4.79 Å². The van der Waals surface area contributed by atoms with E-state index in [9.17, 15) is 9.59 Å². The molecule has 1 heterocycles. The minimum Gasteiger partial charge on any atom is -0.325 e. The summed E-state index contributed by atoms with van der Waals surface area (Å²) in [5.41, 5.74) is 1.14. The normalized spacial score (nSPS) is 11.1. The molecule has 0 saturated heterocycles. The lowest BCUT2D eigenvalue weighted by molar-refractivity contribution is -0.117. The largest absolute Gasteiger partial charge is 0.325 e. The van der Waals surface area contributed by atoms with Crippen LogP contribution < -0.4 is 5.32 Å². The number of rotatable bonds is 4. The molecule has 0 fully saturated rings. The quantitative estimate of drug-likeness (QED) is 0.686. The molecule has 0 aliphatic rings. The van der Waals surface area contributed by atoms with Crippen LogP contribution in [0.5, 0.6) is 0 Å². The predicted molar refractivity (Wildman–Crippen MR) is 76.9 cm³/mol. The average Bonchev–Trinajstić information content (AvgIpc) is 2.92. The van der Waals surface area contributed by atoms with Crippen LogP contribution in [0.4, 0.5) is 0 Å². The van der Waals surface area contributed by atoms with E-state index in [1.807, 2.05) is 35.7 Å². The smallest absolute Gasteiger partial charge is 0.221 e. The zero-order valence-electron chi connectivity index (χ0n) is 10.4. The number of hydrogen-bond acceptors (Lipinski definition) is 3. The summed E-state index contributed by atoms with van der Waals surface area (Å²) in [7, 11) is 0. The minimum absolute atomic E-state index is 0.127. The van der Waals surface area contributed by atoms with Gasteiger partial charge in [0, 0.05) is 18.6 Å². The number of carbonyl (C=O) groups excluding carboxylic acids is 2. The molecule has 0 radical (unpaired) electrons. The fourth-order valence-electron chi connectivity index (χ4n) is 1.61. The number of thiophene rings is 1. The maximum atomic E-state index is 12.1. The second-order valence-corrected chi connectivity index (χ2v) is 4.89. The Morgan fingerprint density at radius 1 is 1.11 bits per heavy atom. The van der Waals surface area contributed by atoms with Gasteiger partial charge in [0.1, 0.15) is 0 Å². The Morgan fingerprint density at radius 3 is 2.42 bits per heavy atom. The molecular weight excluding hydrogens is 258 g/mol. The summed E-state index contributed by atoms with van der Waals surface area (Å²) in [4.78, 5) is 24.2. The van der Waals surface area contributed by atoms with Gasteiger partial charge in [-0.2, -0.15) is 0 Å². The van der Waals surface area contributed by atoms with Gasteiger partial charge in [0.15, 0.2) is 5.78 Å². The van der Waals surface area contributed by atoms with E-state index in [0.29, 0.717) is 11.3 Å². The molecule has 2 aromatic rings. The van der Waals surface area contributed by atoms with Gasteiger partial charge in [0.05, 0.1) is 10.6 Å². The standard InChI is InChI=1S/C15H13NO2S/c1-11(17)16-13(15-8-5-9-19-15)10-14(18)12-6-3-2-4-7-12/h2-10H,1H3,(H,16,17)/b13-10-. The molecular formula is C15H13NO2S. The molecule has 0 saturated carbocycles. The summed E-state index contributed by atoms with van der Waals surface area (Å²) in [6, 6.07) is 12.7. The number of allylic oxidation sites excluding steroid dienone is 1. The first-order chi connectivity index (χ1) is 9.16. The van der Waals surface area contributed by atoms with Gasteiger partial charge in [-0.1, -0.05) is 36.4 Å². The van der Waals surface area contributed by atoms with Gasteiger partial charge >= 0.3 is 0 Å². The Labute approximate surface area is 115 Å². The molecule has 4 heteroatoms. The van der Waals surface area contributed by atoms with E-state index in [1.54, 1.807) is 12.1 Å². The molecule has 0 aliphatic carbocycles. The van der Waals surface area contributed by atoms with Crippen molar-refractivity contribution in [2.45, 2.75) is 6.92 Å². The third kappa shape index (κ3) is 3.63. The monoisotopic (exact) mass is 271 g/mol. The highest BCUT2D eigenvalue weighted by molar-refractivity contribution is 7.11. The molecule has 1 aromatic carbocycles. The van der Waals surface area contributed by atoms with E-state index < -0.39 is 0 Å². The molecule has 1 N–H and O–H groups in total. The van der Waals surface area contributed by atoms with Crippen LogP contribution in [0, 0.1) is 0 Å². The average molecular weight is 271 g/mol. The van der Waals surface area contributed by atoms with Crippen molar-refractivity contribution in [2.75, 3.05) is 0 Å². The van der Waals surface area contributed by atoms with Crippen LogP contribution in [0.25, 0.3) is 5.70 Å². The zero-order chi connectivity index (χ0) is 13.7. The summed E-state index contributed by atoms with van der Waals surface area (Å²) < 4.78 is 0. The van der Waals surface area contributed by atoms with Crippen molar-refractivity contribution in [1.29, 1.82) is 0 Å². The summed E-state index contributed by atoms with van der Waals surface area (Å²) in [5.74, 6) is -0.321. The van der Waals surface area contributed by atoms with Gasteiger partial charge < -0.3 is 5.32 Å². The lowest BCUT2D eigenvalue weighted by Crippen LogP contribution is -2.18. The Balaban J connectivity index is 2.30. The van der Waals surface area contributed by atoms with E-state index >= 15 is 0 Å². The molecule has 0 atom stereocenters. The molecule has 0 bridgehead atoms. The summed E-state index contributed by atoms with van der Waals surface area (Å²) in [6.07, 6.45) is 1.46. The van der Waals surface area contributed by atoms with Crippen LogP contribution in [0.1, 0.15) is 22.2 Å². The molecule has 96 valence electrons. The summed E-state index contributed by atoms with van der Waals surface area (Å²) in [6.45, 7) is 1.43. The SMILES string of the molecule is CC(=O)N/C(=C\C(=O)c1ccccc1)c1cccs1. The molecule has 0 spiro atoms. The number of nitrogens with one attached hydrogen (secondary N) is 1. The van der Waals surface area contributed by atoms with Gasteiger partial charge in [-0.05, 0) is 11.4 Å². The maximum Gasteiger partial charge on any atom is 0.221 e. The van der Waals surface area contributed by atoms with Gasteiger partial charge in [-0.3, -0.25) is 9.59 Å². The predicted octanol–water partition coefficient (Wildman–Crippen LogP) is 3.11. The van der Waals surface area contributed by atoms with Gasteiger partial charge in [-0.15, -0.1) is 11.3 Å². The number of benzene rings is 1. The zero-order valence-corrected chi connectivity index (χ0v) is 11.2. The maximum absolute atomic E-state index is 12.1. The highest BCUT2D eigenvalue weighted by Crippen LogP contribution is 2.18. The van der Waals surface area contributed by atoms with E-state index in [4.69, 9.17) is 0 Å². The fraction of sp³-hybridized carbons (Fsp3) is 0.0667. The van der Waals surface area contributed by atoms with E-state index in [2.05, 4.69) is 5.32 Å². The van der Waals surface area contributed by atoms with Crippen molar-refractivity contribution in [3.05, 3.63) is 64.4 Å². The second-order valence-electron chi connectivity index (χ2n) is 3.95. The Hall–Kier alpha value is -2.20. The third-order valence-corrected chi connectivity index (χ3v) is 3.33. The van der Waals surface area contributed by atoms with Crippen molar-refractivity contribution in [3.8, 4) is 0 Å². The van der Waals surface area contributed by atoms with E-state index in [0.717, 1.165) is 4.88 Å². The first-order valence-corrected chi connectivity index (χ1v) is 6.67. The fourth-order valence-corrected chi connectivity index (χ4v) is 2.30. The van der Waals surface area contributed by atoms with Crippen molar-refractivity contribution in [1.82, 2.24) is 5.32 Å². The first-order valence-electron chi connectivity index (χ1n) is 5.79. The lowest BCUT2D eigenvalue weighted by atomic mass is 10.1. The first kappa shape index (κ1) is 13.2. The summed E-state index contributed by atoms with van der Waals surface area (Å²) in [5, 5.41) is 4.60. The highest BCUT2D eigenvalue weighted by Gasteiger charge is 2.09. The van der Waals surface area contributed by atoms with Crippen molar-refractivity contribution >= 4 is 28.7 Å². The molecule has 1 amide bonds. The van der Waals surface area contributed by atoms with Crippen molar-refractivity contribution < 1.29 is 9.59 Å². The molecule has 2 rings (SSSR count).